The Hall–Kier alpha value is -1.51. The molecule has 0 atom stereocenters. The minimum Gasteiger partial charge on any atom is -0.385 e. The summed E-state index contributed by atoms with van der Waals surface area (Å²) in [7, 11) is 0. The van der Waals surface area contributed by atoms with Crippen LogP contribution in [0.3, 0.4) is 0 Å². The van der Waals surface area contributed by atoms with Gasteiger partial charge in [-0.25, -0.2) is 0 Å². The van der Waals surface area contributed by atoms with Gasteiger partial charge in [0.25, 0.3) is 0 Å². The van der Waals surface area contributed by atoms with Crippen molar-refractivity contribution in [2.45, 2.75) is 26.2 Å². The van der Waals surface area contributed by atoms with Crippen LogP contribution in [-0.4, -0.2) is 12.5 Å². The summed E-state index contributed by atoms with van der Waals surface area (Å²) in [4.78, 5) is 11.2. The van der Waals surface area contributed by atoms with Crippen LogP contribution in [0.15, 0.2) is 18.2 Å². The van der Waals surface area contributed by atoms with Gasteiger partial charge in [-0.3, -0.25) is 4.79 Å². The van der Waals surface area contributed by atoms with Crippen LogP contribution in [0.1, 0.15) is 25.3 Å². The van der Waals surface area contributed by atoms with E-state index in [9.17, 15) is 4.79 Å². The highest BCUT2D eigenvalue weighted by molar-refractivity contribution is 5.91. The first-order chi connectivity index (χ1) is 7.29. The van der Waals surface area contributed by atoms with Crippen molar-refractivity contribution in [2.24, 2.45) is 0 Å². The Bertz CT molecular complexity index is 374. The summed E-state index contributed by atoms with van der Waals surface area (Å²) in [6, 6.07) is 6.08. The molecular weight excluding hydrogens is 188 g/mol. The summed E-state index contributed by atoms with van der Waals surface area (Å²) < 4.78 is 0. The summed E-state index contributed by atoms with van der Waals surface area (Å²) in [5, 5.41) is 6.21. The number of hydrogen-bond donors (Lipinski definition) is 2. The van der Waals surface area contributed by atoms with Crippen LogP contribution in [0.25, 0.3) is 0 Å². The minimum absolute atomic E-state index is 0.0609. The highest BCUT2D eigenvalue weighted by Crippen LogP contribution is 2.25. The number of aryl methyl sites for hydroxylation is 1. The lowest BCUT2D eigenvalue weighted by Gasteiger charge is -2.18. The second-order valence-electron chi connectivity index (χ2n) is 3.80. The van der Waals surface area contributed by atoms with E-state index in [1.807, 2.05) is 19.1 Å². The first-order valence-electron chi connectivity index (χ1n) is 5.46. The Morgan fingerprint density at radius 1 is 1.53 bits per heavy atom. The maximum Gasteiger partial charge on any atom is 0.224 e. The maximum atomic E-state index is 11.2. The fraction of sp³-hybridized carbons (Fsp3) is 0.417. The third-order valence-electron chi connectivity index (χ3n) is 2.65. The molecule has 3 heteroatoms. The van der Waals surface area contributed by atoms with Crippen molar-refractivity contribution in [1.82, 2.24) is 0 Å². The molecule has 0 spiro atoms. The Morgan fingerprint density at radius 3 is 3.20 bits per heavy atom. The van der Waals surface area contributed by atoms with E-state index < -0.39 is 0 Å². The van der Waals surface area contributed by atoms with Crippen LogP contribution in [0.5, 0.6) is 0 Å². The van der Waals surface area contributed by atoms with Gasteiger partial charge in [0, 0.05) is 24.3 Å². The van der Waals surface area contributed by atoms with Crippen molar-refractivity contribution in [3.63, 3.8) is 0 Å². The number of carbonyl (C=O) groups excluding carboxylic acids is 1. The lowest BCUT2D eigenvalue weighted by atomic mass is 10.0. The number of nitrogens with one attached hydrogen (secondary N) is 2. The Morgan fingerprint density at radius 2 is 2.40 bits per heavy atom. The van der Waals surface area contributed by atoms with Gasteiger partial charge in [0.15, 0.2) is 0 Å². The Balaban J connectivity index is 2.17. The standard InChI is InChI=1S/C12H16N2O/c1-2-12(15)14-10-6-5-9-4-3-7-13-11(9)8-10/h5-6,8,13H,2-4,7H2,1H3,(H,14,15). The van der Waals surface area contributed by atoms with Crippen molar-refractivity contribution < 1.29 is 4.79 Å². The number of benzene rings is 1. The molecule has 0 saturated heterocycles. The van der Waals surface area contributed by atoms with Crippen LogP contribution >= 0.6 is 0 Å². The van der Waals surface area contributed by atoms with Crippen molar-refractivity contribution in [3.05, 3.63) is 23.8 Å². The normalized spacial score (nSPS) is 13.9. The molecule has 0 bridgehead atoms. The minimum atomic E-state index is 0.0609. The lowest BCUT2D eigenvalue weighted by Crippen LogP contribution is -2.13. The molecule has 1 heterocycles. The molecule has 2 N–H and O–H groups in total. The van der Waals surface area contributed by atoms with E-state index in [0.717, 1.165) is 24.3 Å². The van der Waals surface area contributed by atoms with Gasteiger partial charge in [0.05, 0.1) is 0 Å². The second kappa shape index (κ2) is 4.34. The van der Waals surface area contributed by atoms with Crippen molar-refractivity contribution >= 4 is 17.3 Å². The van der Waals surface area contributed by atoms with E-state index in [1.54, 1.807) is 0 Å². The highest BCUT2D eigenvalue weighted by Gasteiger charge is 2.09. The molecule has 0 radical (unpaired) electrons. The van der Waals surface area contributed by atoms with Gasteiger partial charge in [0.2, 0.25) is 5.91 Å². The molecule has 0 aliphatic carbocycles. The van der Waals surface area contributed by atoms with Gasteiger partial charge in [-0.05, 0) is 30.5 Å². The second-order valence-corrected chi connectivity index (χ2v) is 3.80. The van der Waals surface area contributed by atoms with E-state index >= 15 is 0 Å². The first-order valence-corrected chi connectivity index (χ1v) is 5.46. The van der Waals surface area contributed by atoms with Crippen LogP contribution in [0.2, 0.25) is 0 Å². The van der Waals surface area contributed by atoms with Gasteiger partial charge in [-0.1, -0.05) is 13.0 Å². The van der Waals surface area contributed by atoms with E-state index in [2.05, 4.69) is 16.7 Å². The summed E-state index contributed by atoms with van der Waals surface area (Å²) in [6.45, 7) is 2.88. The average Bonchev–Trinajstić information content (AvgIpc) is 2.29. The molecule has 0 unspecified atom stereocenters. The highest BCUT2D eigenvalue weighted by atomic mass is 16.1. The predicted molar refractivity (Wildman–Crippen MR) is 62.2 cm³/mol. The van der Waals surface area contributed by atoms with Crippen LogP contribution in [0, 0.1) is 0 Å². The molecule has 80 valence electrons. The van der Waals surface area contributed by atoms with Gasteiger partial charge >= 0.3 is 0 Å². The molecule has 3 nitrogen and oxygen atoms in total. The molecular formula is C12H16N2O. The molecule has 0 fully saturated rings. The van der Waals surface area contributed by atoms with E-state index in [-0.39, 0.29) is 5.91 Å². The number of carbonyl (C=O) groups is 1. The topological polar surface area (TPSA) is 41.1 Å². The van der Waals surface area contributed by atoms with Crippen LogP contribution in [0.4, 0.5) is 11.4 Å². The molecule has 0 aromatic heterocycles. The Kier molecular flexibility index (Phi) is 2.90. The van der Waals surface area contributed by atoms with Crippen molar-refractivity contribution in [1.29, 1.82) is 0 Å². The Labute approximate surface area is 89.9 Å². The number of fused-ring (bicyclic) bond motifs is 1. The number of amides is 1. The summed E-state index contributed by atoms with van der Waals surface area (Å²) in [6.07, 6.45) is 2.84. The van der Waals surface area contributed by atoms with E-state index in [1.165, 1.54) is 12.0 Å². The van der Waals surface area contributed by atoms with Crippen LogP contribution < -0.4 is 10.6 Å². The zero-order chi connectivity index (χ0) is 10.7. The summed E-state index contributed by atoms with van der Waals surface area (Å²) in [5.74, 6) is 0.0609. The fourth-order valence-corrected chi connectivity index (χ4v) is 1.79. The number of hydrogen-bond acceptors (Lipinski definition) is 2. The summed E-state index contributed by atoms with van der Waals surface area (Å²) >= 11 is 0. The van der Waals surface area contributed by atoms with Gasteiger partial charge in [-0.2, -0.15) is 0 Å². The van der Waals surface area contributed by atoms with E-state index in [4.69, 9.17) is 0 Å². The SMILES string of the molecule is CCC(=O)Nc1ccc2c(c1)NCCC2. The van der Waals surface area contributed by atoms with E-state index in [0.29, 0.717) is 6.42 Å². The van der Waals surface area contributed by atoms with Crippen molar-refractivity contribution in [2.75, 3.05) is 17.2 Å². The van der Waals surface area contributed by atoms with Gasteiger partial charge in [-0.15, -0.1) is 0 Å². The fourth-order valence-electron chi connectivity index (χ4n) is 1.79. The molecule has 1 amide bonds. The quantitative estimate of drug-likeness (QED) is 0.776. The zero-order valence-electron chi connectivity index (χ0n) is 8.97. The molecule has 1 aromatic rings. The zero-order valence-corrected chi connectivity index (χ0v) is 8.97. The summed E-state index contributed by atoms with van der Waals surface area (Å²) in [5.41, 5.74) is 3.39. The number of rotatable bonds is 2. The largest absolute Gasteiger partial charge is 0.385 e. The molecule has 15 heavy (non-hydrogen) atoms. The average molecular weight is 204 g/mol. The van der Waals surface area contributed by atoms with Crippen LogP contribution in [-0.2, 0) is 11.2 Å². The maximum absolute atomic E-state index is 11.2. The van der Waals surface area contributed by atoms with Crippen molar-refractivity contribution in [3.8, 4) is 0 Å². The molecule has 1 aromatic carbocycles. The third-order valence-corrected chi connectivity index (χ3v) is 2.65. The van der Waals surface area contributed by atoms with Gasteiger partial charge < -0.3 is 10.6 Å². The smallest absolute Gasteiger partial charge is 0.224 e. The predicted octanol–water partition coefficient (Wildman–Crippen LogP) is 2.39. The first kappa shape index (κ1) is 10.0. The lowest BCUT2D eigenvalue weighted by molar-refractivity contribution is -0.115. The van der Waals surface area contributed by atoms with Gasteiger partial charge in [0.1, 0.15) is 0 Å². The molecule has 2 rings (SSSR count). The molecule has 1 aliphatic rings. The molecule has 1 aliphatic heterocycles. The number of anilines is 2. The third kappa shape index (κ3) is 2.29. The monoisotopic (exact) mass is 204 g/mol. The molecule has 0 saturated carbocycles.